The third kappa shape index (κ3) is 5.44. The van der Waals surface area contributed by atoms with E-state index in [1.165, 1.54) is 5.56 Å². The van der Waals surface area contributed by atoms with E-state index >= 15 is 0 Å². The highest BCUT2D eigenvalue weighted by molar-refractivity contribution is 5.90. The van der Waals surface area contributed by atoms with Crippen LogP contribution in [0, 0.1) is 11.8 Å². The van der Waals surface area contributed by atoms with E-state index < -0.39 is 0 Å². The minimum Gasteiger partial charge on any atom is -0.332 e. The SMILES string of the molecule is CCC(Cc1ccccc1)C(=O)N1CCCC1C(=O)CCC1CCC(N)CC1. The number of carbonyl (C=O) groups is 2. The summed E-state index contributed by atoms with van der Waals surface area (Å²) >= 11 is 0. The fourth-order valence-corrected chi connectivity index (χ4v) is 4.89. The predicted octanol–water partition coefficient (Wildman–Crippen LogP) is 4.11. The van der Waals surface area contributed by atoms with Crippen LogP contribution in [0.15, 0.2) is 30.3 Å². The van der Waals surface area contributed by atoms with Gasteiger partial charge < -0.3 is 10.6 Å². The van der Waals surface area contributed by atoms with Crippen molar-refractivity contribution in [2.24, 2.45) is 17.6 Å². The van der Waals surface area contributed by atoms with E-state index in [1.54, 1.807) is 0 Å². The molecule has 1 heterocycles. The van der Waals surface area contributed by atoms with E-state index in [4.69, 9.17) is 5.73 Å². The quantitative estimate of drug-likeness (QED) is 0.733. The molecular formula is C24H36N2O2. The molecule has 1 saturated heterocycles. The molecule has 2 N–H and O–H groups in total. The lowest BCUT2D eigenvalue weighted by molar-refractivity contribution is -0.141. The van der Waals surface area contributed by atoms with Crippen molar-refractivity contribution in [1.82, 2.24) is 4.90 Å². The van der Waals surface area contributed by atoms with Crippen LogP contribution in [0.1, 0.15) is 70.3 Å². The number of nitrogens with two attached hydrogens (primary N) is 1. The lowest BCUT2D eigenvalue weighted by atomic mass is 9.83. The largest absolute Gasteiger partial charge is 0.332 e. The highest BCUT2D eigenvalue weighted by Crippen LogP contribution is 2.29. The van der Waals surface area contributed by atoms with Crippen molar-refractivity contribution in [2.45, 2.75) is 83.2 Å². The van der Waals surface area contributed by atoms with Gasteiger partial charge in [0.15, 0.2) is 5.78 Å². The average molecular weight is 385 g/mol. The van der Waals surface area contributed by atoms with Gasteiger partial charge in [-0.05, 0) is 69.3 Å². The van der Waals surface area contributed by atoms with Crippen molar-refractivity contribution >= 4 is 11.7 Å². The number of nitrogens with zero attached hydrogens (tertiary/aromatic N) is 1. The molecule has 1 aromatic carbocycles. The smallest absolute Gasteiger partial charge is 0.226 e. The summed E-state index contributed by atoms with van der Waals surface area (Å²) in [5.41, 5.74) is 7.18. The van der Waals surface area contributed by atoms with Gasteiger partial charge in [-0.15, -0.1) is 0 Å². The Morgan fingerprint density at radius 2 is 1.82 bits per heavy atom. The van der Waals surface area contributed by atoms with Gasteiger partial charge in [0.25, 0.3) is 0 Å². The fourth-order valence-electron chi connectivity index (χ4n) is 4.89. The van der Waals surface area contributed by atoms with Crippen LogP contribution in [-0.4, -0.2) is 35.2 Å². The minimum absolute atomic E-state index is 0.0318. The Kier molecular flexibility index (Phi) is 7.66. The van der Waals surface area contributed by atoms with Gasteiger partial charge in [-0.3, -0.25) is 9.59 Å². The first-order valence-electron chi connectivity index (χ1n) is 11.2. The van der Waals surface area contributed by atoms with Gasteiger partial charge in [0.2, 0.25) is 5.91 Å². The van der Waals surface area contributed by atoms with Crippen molar-refractivity contribution < 1.29 is 9.59 Å². The van der Waals surface area contributed by atoms with Crippen LogP contribution in [0.4, 0.5) is 0 Å². The molecule has 3 rings (SSSR count). The topological polar surface area (TPSA) is 63.4 Å². The fraction of sp³-hybridized carbons (Fsp3) is 0.667. The van der Waals surface area contributed by atoms with Crippen LogP contribution in [-0.2, 0) is 16.0 Å². The Hall–Kier alpha value is -1.68. The maximum absolute atomic E-state index is 13.2. The molecule has 2 fully saturated rings. The first-order chi connectivity index (χ1) is 13.6. The first-order valence-corrected chi connectivity index (χ1v) is 11.2. The van der Waals surface area contributed by atoms with E-state index in [0.29, 0.717) is 18.4 Å². The number of carbonyl (C=O) groups excluding carboxylic acids is 2. The average Bonchev–Trinajstić information content (AvgIpc) is 3.21. The zero-order valence-electron chi connectivity index (χ0n) is 17.3. The zero-order valence-corrected chi connectivity index (χ0v) is 17.3. The van der Waals surface area contributed by atoms with Crippen LogP contribution < -0.4 is 5.73 Å². The highest BCUT2D eigenvalue weighted by Gasteiger charge is 2.36. The number of likely N-dealkylation sites (tertiary alicyclic amines) is 1. The van der Waals surface area contributed by atoms with Crippen molar-refractivity contribution in [3.8, 4) is 0 Å². The summed E-state index contributed by atoms with van der Waals surface area (Å²) in [5, 5.41) is 0. The number of ketones is 1. The Balaban J connectivity index is 1.54. The van der Waals surface area contributed by atoms with Gasteiger partial charge in [0.05, 0.1) is 6.04 Å². The van der Waals surface area contributed by atoms with Gasteiger partial charge in [-0.2, -0.15) is 0 Å². The highest BCUT2D eigenvalue weighted by atomic mass is 16.2. The molecule has 1 saturated carbocycles. The summed E-state index contributed by atoms with van der Waals surface area (Å²) in [7, 11) is 0. The monoisotopic (exact) mass is 384 g/mol. The Morgan fingerprint density at radius 1 is 1.11 bits per heavy atom. The van der Waals surface area contributed by atoms with Gasteiger partial charge >= 0.3 is 0 Å². The van der Waals surface area contributed by atoms with Crippen LogP contribution >= 0.6 is 0 Å². The molecule has 4 heteroatoms. The van der Waals surface area contributed by atoms with E-state index in [9.17, 15) is 9.59 Å². The Bertz CT molecular complexity index is 637. The molecule has 2 atom stereocenters. The second kappa shape index (κ2) is 10.2. The third-order valence-corrected chi connectivity index (χ3v) is 6.76. The second-order valence-corrected chi connectivity index (χ2v) is 8.77. The molecule has 2 aliphatic rings. The van der Waals surface area contributed by atoms with Crippen LogP contribution in [0.2, 0.25) is 0 Å². The zero-order chi connectivity index (χ0) is 19.9. The molecule has 0 radical (unpaired) electrons. The maximum Gasteiger partial charge on any atom is 0.226 e. The van der Waals surface area contributed by atoms with Crippen molar-refractivity contribution in [1.29, 1.82) is 0 Å². The summed E-state index contributed by atoms with van der Waals surface area (Å²) in [4.78, 5) is 28.0. The predicted molar refractivity (Wildman–Crippen MR) is 113 cm³/mol. The summed E-state index contributed by atoms with van der Waals surface area (Å²) < 4.78 is 0. The van der Waals surface area contributed by atoms with Crippen molar-refractivity contribution in [3.05, 3.63) is 35.9 Å². The summed E-state index contributed by atoms with van der Waals surface area (Å²) in [6.45, 7) is 2.81. The molecule has 0 aromatic heterocycles. The summed E-state index contributed by atoms with van der Waals surface area (Å²) in [6, 6.07) is 10.4. The Morgan fingerprint density at radius 3 is 2.50 bits per heavy atom. The van der Waals surface area contributed by atoms with Crippen LogP contribution in [0.25, 0.3) is 0 Å². The summed E-state index contributed by atoms with van der Waals surface area (Å²) in [5.74, 6) is 1.05. The molecule has 28 heavy (non-hydrogen) atoms. The molecule has 1 aromatic rings. The summed E-state index contributed by atoms with van der Waals surface area (Å²) in [6.07, 6.45) is 9.41. The molecule has 1 aliphatic carbocycles. The normalized spacial score (nSPS) is 26.2. The third-order valence-electron chi connectivity index (χ3n) is 6.76. The molecule has 4 nitrogen and oxygen atoms in total. The van der Waals surface area contributed by atoms with Gasteiger partial charge in [0, 0.05) is 24.9 Å². The molecular weight excluding hydrogens is 348 g/mol. The number of Topliss-reactive ketones (excluding diaryl/α,β-unsaturated/α-hetero) is 1. The number of hydrogen-bond acceptors (Lipinski definition) is 3. The number of hydrogen-bond donors (Lipinski definition) is 1. The molecule has 1 amide bonds. The van der Waals surface area contributed by atoms with Crippen molar-refractivity contribution in [3.63, 3.8) is 0 Å². The number of benzene rings is 1. The lowest BCUT2D eigenvalue weighted by Gasteiger charge is -2.29. The van der Waals surface area contributed by atoms with E-state index in [0.717, 1.165) is 64.3 Å². The molecule has 2 unspecified atom stereocenters. The maximum atomic E-state index is 13.2. The Labute approximate surface area is 169 Å². The van der Waals surface area contributed by atoms with Crippen LogP contribution in [0.3, 0.4) is 0 Å². The minimum atomic E-state index is -0.192. The van der Waals surface area contributed by atoms with Gasteiger partial charge in [-0.25, -0.2) is 0 Å². The van der Waals surface area contributed by atoms with Gasteiger partial charge in [0.1, 0.15) is 0 Å². The molecule has 1 aliphatic heterocycles. The molecule has 0 bridgehead atoms. The first kappa shape index (κ1) is 21.0. The lowest BCUT2D eigenvalue weighted by Crippen LogP contribution is -2.44. The number of amides is 1. The van der Waals surface area contributed by atoms with E-state index in [2.05, 4.69) is 19.1 Å². The van der Waals surface area contributed by atoms with Gasteiger partial charge in [-0.1, -0.05) is 37.3 Å². The molecule has 0 spiro atoms. The standard InChI is InChI=1S/C24H36N2O2/c1-2-20(17-19-7-4-3-5-8-19)24(28)26-16-6-9-22(26)23(27)15-12-18-10-13-21(25)14-11-18/h3-5,7-8,18,20-22H,2,6,9-17,25H2,1H3. The van der Waals surface area contributed by atoms with Crippen molar-refractivity contribution in [2.75, 3.05) is 6.54 Å². The number of rotatable bonds is 8. The van der Waals surface area contributed by atoms with E-state index in [1.807, 2.05) is 23.1 Å². The van der Waals surface area contributed by atoms with E-state index in [-0.39, 0.29) is 23.7 Å². The molecule has 154 valence electrons. The second-order valence-electron chi connectivity index (χ2n) is 8.77. The van der Waals surface area contributed by atoms with Crippen LogP contribution in [0.5, 0.6) is 0 Å².